The Morgan fingerprint density at radius 1 is 1.35 bits per heavy atom. The molecular formula is C15H14BrFN2O. The van der Waals surface area contributed by atoms with Gasteiger partial charge in [0.05, 0.1) is 5.56 Å². The van der Waals surface area contributed by atoms with Crippen LogP contribution < -0.4 is 11.1 Å². The second-order valence-corrected chi connectivity index (χ2v) is 5.35. The number of nitrogens with one attached hydrogen (secondary N) is 1. The fourth-order valence-electron chi connectivity index (χ4n) is 1.84. The van der Waals surface area contributed by atoms with Crippen LogP contribution in [-0.2, 0) is 6.54 Å². The standard InChI is InChI=1S/C15H14BrFN2O/c1-9-10(3-2-4-14(9)18)8-19-15(20)12-6-5-11(16)7-13(12)17/h2-7H,8,18H2,1H3,(H,19,20). The van der Waals surface area contributed by atoms with E-state index >= 15 is 0 Å². The van der Waals surface area contributed by atoms with Crippen molar-refractivity contribution >= 4 is 27.5 Å². The summed E-state index contributed by atoms with van der Waals surface area (Å²) in [5.74, 6) is -1.00. The highest BCUT2D eigenvalue weighted by atomic mass is 79.9. The largest absolute Gasteiger partial charge is 0.399 e. The second kappa shape index (κ2) is 6.05. The van der Waals surface area contributed by atoms with Gasteiger partial charge in [-0.25, -0.2) is 4.39 Å². The Morgan fingerprint density at radius 2 is 2.10 bits per heavy atom. The van der Waals surface area contributed by atoms with Crippen molar-refractivity contribution < 1.29 is 9.18 Å². The van der Waals surface area contributed by atoms with E-state index in [-0.39, 0.29) is 5.56 Å². The first-order valence-electron chi connectivity index (χ1n) is 6.06. The van der Waals surface area contributed by atoms with E-state index in [1.165, 1.54) is 12.1 Å². The van der Waals surface area contributed by atoms with E-state index in [0.29, 0.717) is 16.7 Å². The lowest BCUT2D eigenvalue weighted by molar-refractivity contribution is 0.0947. The Morgan fingerprint density at radius 3 is 2.80 bits per heavy atom. The van der Waals surface area contributed by atoms with Gasteiger partial charge in [-0.3, -0.25) is 4.79 Å². The number of hydrogen-bond acceptors (Lipinski definition) is 2. The molecule has 0 spiro atoms. The number of hydrogen-bond donors (Lipinski definition) is 2. The Balaban J connectivity index is 2.11. The van der Waals surface area contributed by atoms with E-state index in [2.05, 4.69) is 21.2 Å². The van der Waals surface area contributed by atoms with Gasteiger partial charge in [0.15, 0.2) is 0 Å². The predicted octanol–water partition coefficient (Wildman–Crippen LogP) is 3.41. The maximum Gasteiger partial charge on any atom is 0.254 e. The van der Waals surface area contributed by atoms with Crippen LogP contribution in [0, 0.1) is 12.7 Å². The fourth-order valence-corrected chi connectivity index (χ4v) is 2.17. The van der Waals surface area contributed by atoms with E-state index in [1.807, 2.05) is 19.1 Å². The van der Waals surface area contributed by atoms with Crippen LogP contribution in [0.3, 0.4) is 0 Å². The van der Waals surface area contributed by atoms with Crippen molar-refractivity contribution in [2.45, 2.75) is 13.5 Å². The van der Waals surface area contributed by atoms with Gasteiger partial charge in [0.25, 0.3) is 5.91 Å². The molecule has 104 valence electrons. The molecule has 5 heteroatoms. The van der Waals surface area contributed by atoms with Gasteiger partial charge in [-0.2, -0.15) is 0 Å². The van der Waals surface area contributed by atoms with E-state index in [1.54, 1.807) is 12.1 Å². The first-order valence-corrected chi connectivity index (χ1v) is 6.85. The van der Waals surface area contributed by atoms with Crippen molar-refractivity contribution in [3.63, 3.8) is 0 Å². The zero-order chi connectivity index (χ0) is 14.7. The van der Waals surface area contributed by atoms with Crippen molar-refractivity contribution in [2.24, 2.45) is 0 Å². The Kier molecular flexibility index (Phi) is 4.39. The molecule has 2 rings (SSSR count). The van der Waals surface area contributed by atoms with Crippen molar-refractivity contribution in [3.8, 4) is 0 Å². The van der Waals surface area contributed by atoms with E-state index in [0.717, 1.165) is 11.1 Å². The third-order valence-corrected chi connectivity index (χ3v) is 3.60. The minimum absolute atomic E-state index is 0.0229. The Labute approximate surface area is 125 Å². The van der Waals surface area contributed by atoms with Gasteiger partial charge < -0.3 is 11.1 Å². The zero-order valence-electron chi connectivity index (χ0n) is 10.9. The average molecular weight is 337 g/mol. The van der Waals surface area contributed by atoms with Gasteiger partial charge in [0.1, 0.15) is 5.82 Å². The van der Waals surface area contributed by atoms with Crippen LogP contribution in [0.15, 0.2) is 40.9 Å². The van der Waals surface area contributed by atoms with Crippen molar-refractivity contribution in [1.82, 2.24) is 5.32 Å². The summed E-state index contributed by atoms with van der Waals surface area (Å²) in [6.45, 7) is 2.20. The molecule has 2 aromatic rings. The SMILES string of the molecule is Cc1c(N)cccc1CNC(=O)c1ccc(Br)cc1F. The van der Waals surface area contributed by atoms with Gasteiger partial charge in [-0.05, 0) is 42.3 Å². The van der Waals surface area contributed by atoms with Gasteiger partial charge in [0, 0.05) is 16.7 Å². The van der Waals surface area contributed by atoms with Crippen LogP contribution in [0.1, 0.15) is 21.5 Å². The molecule has 0 aliphatic heterocycles. The molecule has 2 aromatic carbocycles. The summed E-state index contributed by atoms with van der Waals surface area (Å²) in [6, 6.07) is 9.84. The van der Waals surface area contributed by atoms with E-state index in [4.69, 9.17) is 5.73 Å². The summed E-state index contributed by atoms with van der Waals surface area (Å²) in [5, 5.41) is 2.69. The summed E-state index contributed by atoms with van der Waals surface area (Å²) in [6.07, 6.45) is 0. The number of halogens is 2. The molecule has 0 saturated carbocycles. The van der Waals surface area contributed by atoms with E-state index < -0.39 is 11.7 Å². The molecule has 0 atom stereocenters. The Bertz CT molecular complexity index is 658. The quantitative estimate of drug-likeness (QED) is 0.844. The first kappa shape index (κ1) is 14.5. The van der Waals surface area contributed by atoms with Crippen LogP contribution >= 0.6 is 15.9 Å². The van der Waals surface area contributed by atoms with Crippen LogP contribution in [0.4, 0.5) is 10.1 Å². The summed E-state index contributed by atoms with van der Waals surface area (Å²) >= 11 is 3.15. The van der Waals surface area contributed by atoms with Crippen molar-refractivity contribution in [3.05, 3.63) is 63.4 Å². The van der Waals surface area contributed by atoms with Crippen molar-refractivity contribution in [2.75, 3.05) is 5.73 Å². The normalized spacial score (nSPS) is 10.3. The summed E-state index contributed by atoms with van der Waals surface area (Å²) in [7, 11) is 0. The lowest BCUT2D eigenvalue weighted by atomic mass is 10.1. The van der Waals surface area contributed by atoms with Crippen LogP contribution in [0.2, 0.25) is 0 Å². The number of carbonyl (C=O) groups is 1. The highest BCUT2D eigenvalue weighted by molar-refractivity contribution is 9.10. The summed E-state index contributed by atoms with van der Waals surface area (Å²) < 4.78 is 14.3. The molecular weight excluding hydrogens is 323 g/mol. The number of carbonyl (C=O) groups excluding carboxylic acids is 1. The maximum atomic E-state index is 13.7. The second-order valence-electron chi connectivity index (χ2n) is 4.44. The lowest BCUT2D eigenvalue weighted by Crippen LogP contribution is -2.24. The first-order chi connectivity index (χ1) is 9.49. The fraction of sp³-hybridized carbons (Fsp3) is 0.133. The smallest absolute Gasteiger partial charge is 0.254 e. The number of nitrogens with two attached hydrogens (primary N) is 1. The Hall–Kier alpha value is -1.88. The van der Waals surface area contributed by atoms with Gasteiger partial charge in [-0.1, -0.05) is 28.1 Å². The van der Waals surface area contributed by atoms with Gasteiger partial charge in [0.2, 0.25) is 0 Å². The van der Waals surface area contributed by atoms with Crippen LogP contribution in [-0.4, -0.2) is 5.91 Å². The predicted molar refractivity (Wildman–Crippen MR) is 80.9 cm³/mol. The van der Waals surface area contributed by atoms with E-state index in [9.17, 15) is 9.18 Å². The van der Waals surface area contributed by atoms with Crippen LogP contribution in [0.5, 0.6) is 0 Å². The molecule has 0 heterocycles. The van der Waals surface area contributed by atoms with Crippen LogP contribution in [0.25, 0.3) is 0 Å². The topological polar surface area (TPSA) is 55.1 Å². The van der Waals surface area contributed by atoms with Gasteiger partial charge >= 0.3 is 0 Å². The number of anilines is 1. The molecule has 0 aromatic heterocycles. The van der Waals surface area contributed by atoms with Crippen molar-refractivity contribution in [1.29, 1.82) is 0 Å². The highest BCUT2D eigenvalue weighted by Gasteiger charge is 2.12. The lowest BCUT2D eigenvalue weighted by Gasteiger charge is -2.10. The molecule has 0 aliphatic carbocycles. The third-order valence-electron chi connectivity index (χ3n) is 3.10. The number of benzene rings is 2. The third kappa shape index (κ3) is 3.17. The van der Waals surface area contributed by atoms with Gasteiger partial charge in [-0.15, -0.1) is 0 Å². The molecule has 3 nitrogen and oxygen atoms in total. The summed E-state index contributed by atoms with van der Waals surface area (Å²) in [5.41, 5.74) is 8.33. The molecule has 0 bridgehead atoms. The minimum atomic E-state index is -0.554. The number of amides is 1. The molecule has 0 saturated heterocycles. The molecule has 0 aliphatic rings. The monoisotopic (exact) mass is 336 g/mol. The molecule has 20 heavy (non-hydrogen) atoms. The summed E-state index contributed by atoms with van der Waals surface area (Å²) in [4.78, 5) is 11.9. The molecule has 0 fully saturated rings. The zero-order valence-corrected chi connectivity index (χ0v) is 12.5. The number of rotatable bonds is 3. The number of nitrogen functional groups attached to an aromatic ring is 1. The minimum Gasteiger partial charge on any atom is -0.399 e. The average Bonchev–Trinajstić information content (AvgIpc) is 2.40. The molecule has 0 unspecified atom stereocenters. The molecule has 0 radical (unpaired) electrons. The highest BCUT2D eigenvalue weighted by Crippen LogP contribution is 2.17. The molecule has 3 N–H and O–H groups in total. The molecule has 1 amide bonds. The maximum absolute atomic E-state index is 13.7.